The molecule has 0 spiro atoms. The summed E-state index contributed by atoms with van der Waals surface area (Å²) in [6, 6.07) is 0. The Hall–Kier alpha value is -0.940. The van der Waals surface area contributed by atoms with Crippen LogP contribution in [-0.2, 0) is 4.74 Å². The number of hydrogen-bond donors (Lipinski definition) is 1. The van der Waals surface area contributed by atoms with Crippen molar-refractivity contribution in [1.82, 2.24) is 15.5 Å². The molecule has 1 saturated heterocycles. The highest BCUT2D eigenvalue weighted by atomic mass is 16.5. The minimum atomic E-state index is 0.0179. The van der Waals surface area contributed by atoms with Gasteiger partial charge in [-0.3, -0.25) is 0 Å². The van der Waals surface area contributed by atoms with E-state index in [1.165, 1.54) is 38.5 Å². The van der Waals surface area contributed by atoms with Gasteiger partial charge in [0.15, 0.2) is 0 Å². The van der Waals surface area contributed by atoms with E-state index in [1.807, 2.05) is 6.92 Å². The van der Waals surface area contributed by atoms with Crippen molar-refractivity contribution in [3.63, 3.8) is 0 Å². The highest BCUT2D eigenvalue weighted by molar-refractivity contribution is 5.00. The molecule has 21 heavy (non-hydrogen) atoms. The summed E-state index contributed by atoms with van der Waals surface area (Å²) < 4.78 is 11.5. The highest BCUT2D eigenvalue weighted by Gasteiger charge is 2.31. The van der Waals surface area contributed by atoms with Crippen molar-refractivity contribution < 1.29 is 9.26 Å². The Morgan fingerprint density at radius 3 is 2.81 bits per heavy atom. The van der Waals surface area contributed by atoms with Crippen LogP contribution < -0.4 is 5.32 Å². The second-order valence-electron chi connectivity index (χ2n) is 6.31. The van der Waals surface area contributed by atoms with Gasteiger partial charge in [-0.15, -0.1) is 0 Å². The van der Waals surface area contributed by atoms with Crippen molar-refractivity contribution in [2.45, 2.75) is 63.9 Å². The third-order valence-corrected chi connectivity index (χ3v) is 4.78. The molecule has 0 amide bonds. The summed E-state index contributed by atoms with van der Waals surface area (Å²) in [6.07, 6.45) is 8.72. The number of ether oxygens (including phenoxy) is 1. The van der Waals surface area contributed by atoms with E-state index < -0.39 is 0 Å². The smallest absolute Gasteiger partial charge is 0.231 e. The van der Waals surface area contributed by atoms with Gasteiger partial charge in [-0.2, -0.15) is 4.98 Å². The van der Waals surface area contributed by atoms with E-state index in [4.69, 9.17) is 9.26 Å². The molecule has 5 heteroatoms. The Balaban J connectivity index is 1.71. The molecule has 2 fully saturated rings. The van der Waals surface area contributed by atoms with Crippen molar-refractivity contribution in [2.24, 2.45) is 5.92 Å². The first-order valence-corrected chi connectivity index (χ1v) is 8.54. The maximum absolute atomic E-state index is 5.97. The molecule has 1 aliphatic heterocycles. The number of rotatable bonds is 5. The number of aromatic nitrogens is 2. The fourth-order valence-corrected chi connectivity index (χ4v) is 3.63. The van der Waals surface area contributed by atoms with Crippen LogP contribution in [0.1, 0.15) is 75.6 Å². The summed E-state index contributed by atoms with van der Waals surface area (Å²) >= 11 is 0. The molecule has 2 aliphatic rings. The first kappa shape index (κ1) is 15.0. The molecule has 118 valence electrons. The zero-order valence-corrected chi connectivity index (χ0v) is 13.0. The van der Waals surface area contributed by atoms with E-state index >= 15 is 0 Å². The lowest BCUT2D eigenvalue weighted by Gasteiger charge is -2.27. The van der Waals surface area contributed by atoms with Crippen LogP contribution in [0.25, 0.3) is 0 Å². The van der Waals surface area contributed by atoms with Crippen molar-refractivity contribution in [1.29, 1.82) is 0 Å². The molecular formula is C16H27N3O2. The van der Waals surface area contributed by atoms with Crippen LogP contribution in [0.5, 0.6) is 0 Å². The molecule has 1 saturated carbocycles. The lowest BCUT2D eigenvalue weighted by Crippen LogP contribution is -2.28. The predicted molar refractivity (Wildman–Crippen MR) is 80.1 cm³/mol. The minimum Gasteiger partial charge on any atom is -0.370 e. The van der Waals surface area contributed by atoms with Gasteiger partial charge < -0.3 is 14.6 Å². The average Bonchev–Trinajstić information content (AvgIpc) is 3.04. The van der Waals surface area contributed by atoms with Crippen LogP contribution in [0.3, 0.4) is 0 Å². The normalized spacial score (nSPS) is 25.9. The van der Waals surface area contributed by atoms with E-state index in [9.17, 15) is 0 Å². The molecule has 1 N–H and O–H groups in total. The largest absolute Gasteiger partial charge is 0.370 e. The molecule has 0 radical (unpaired) electrons. The summed E-state index contributed by atoms with van der Waals surface area (Å²) in [5, 5.41) is 7.65. The first-order chi connectivity index (χ1) is 10.4. The Morgan fingerprint density at radius 1 is 1.24 bits per heavy atom. The molecule has 0 bridgehead atoms. The summed E-state index contributed by atoms with van der Waals surface area (Å²) in [5.74, 6) is 2.48. The summed E-state index contributed by atoms with van der Waals surface area (Å²) in [5.41, 5.74) is 0. The molecule has 0 aromatic carbocycles. The lowest BCUT2D eigenvalue weighted by atomic mass is 9.85. The number of piperidine rings is 1. The van der Waals surface area contributed by atoms with Crippen molar-refractivity contribution in [3.05, 3.63) is 11.7 Å². The van der Waals surface area contributed by atoms with Gasteiger partial charge in [-0.25, -0.2) is 0 Å². The number of nitrogens with one attached hydrogen (secondary N) is 1. The van der Waals surface area contributed by atoms with E-state index in [0.29, 0.717) is 18.4 Å². The fraction of sp³-hybridized carbons (Fsp3) is 0.875. The molecule has 1 aromatic heterocycles. The molecule has 2 atom stereocenters. The van der Waals surface area contributed by atoms with Gasteiger partial charge in [0.1, 0.15) is 6.10 Å². The Labute approximate surface area is 126 Å². The Bertz CT molecular complexity index is 423. The van der Waals surface area contributed by atoms with Gasteiger partial charge in [-0.1, -0.05) is 24.4 Å². The maximum Gasteiger partial charge on any atom is 0.231 e. The van der Waals surface area contributed by atoms with Crippen LogP contribution >= 0.6 is 0 Å². The topological polar surface area (TPSA) is 60.2 Å². The van der Waals surface area contributed by atoms with Gasteiger partial charge in [0.2, 0.25) is 11.7 Å². The lowest BCUT2D eigenvalue weighted by molar-refractivity contribution is -0.00145. The molecule has 3 rings (SSSR count). The predicted octanol–water partition coefficient (Wildman–Crippen LogP) is 3.19. The molecule has 1 aliphatic carbocycles. The Kier molecular flexibility index (Phi) is 5.25. The molecule has 1 aromatic rings. The van der Waals surface area contributed by atoms with Gasteiger partial charge in [0, 0.05) is 13.2 Å². The summed E-state index contributed by atoms with van der Waals surface area (Å²) in [4.78, 5) is 4.69. The average molecular weight is 293 g/mol. The van der Waals surface area contributed by atoms with Crippen LogP contribution in [0.15, 0.2) is 4.52 Å². The minimum absolute atomic E-state index is 0.0179. The zero-order valence-electron chi connectivity index (χ0n) is 13.0. The SMILES string of the molecule is CCOC(c1noc([C@H]2CCCNC2)n1)C1CCCCC1. The summed E-state index contributed by atoms with van der Waals surface area (Å²) in [7, 11) is 0. The number of nitrogens with zero attached hydrogens (tertiary/aromatic N) is 2. The third-order valence-electron chi connectivity index (χ3n) is 4.78. The maximum atomic E-state index is 5.97. The van der Waals surface area contributed by atoms with Crippen molar-refractivity contribution in [3.8, 4) is 0 Å². The van der Waals surface area contributed by atoms with E-state index in [-0.39, 0.29) is 6.10 Å². The van der Waals surface area contributed by atoms with Crippen molar-refractivity contribution >= 4 is 0 Å². The monoisotopic (exact) mass is 293 g/mol. The fourth-order valence-electron chi connectivity index (χ4n) is 3.63. The van der Waals surface area contributed by atoms with E-state index in [0.717, 1.165) is 31.2 Å². The highest BCUT2D eigenvalue weighted by Crippen LogP contribution is 2.36. The van der Waals surface area contributed by atoms with Crippen LogP contribution in [0, 0.1) is 5.92 Å². The summed E-state index contributed by atoms with van der Waals surface area (Å²) in [6.45, 7) is 4.80. The molecule has 5 nitrogen and oxygen atoms in total. The van der Waals surface area contributed by atoms with E-state index in [2.05, 4.69) is 15.5 Å². The molecule has 2 heterocycles. The molecular weight excluding hydrogens is 266 g/mol. The number of hydrogen-bond acceptors (Lipinski definition) is 5. The second kappa shape index (κ2) is 7.36. The van der Waals surface area contributed by atoms with Crippen LogP contribution in [-0.4, -0.2) is 29.8 Å². The van der Waals surface area contributed by atoms with Crippen LogP contribution in [0.4, 0.5) is 0 Å². The zero-order chi connectivity index (χ0) is 14.5. The second-order valence-corrected chi connectivity index (χ2v) is 6.31. The van der Waals surface area contributed by atoms with Gasteiger partial charge in [0.05, 0.1) is 5.92 Å². The van der Waals surface area contributed by atoms with E-state index in [1.54, 1.807) is 0 Å². The quantitative estimate of drug-likeness (QED) is 0.903. The van der Waals surface area contributed by atoms with Crippen molar-refractivity contribution in [2.75, 3.05) is 19.7 Å². The van der Waals surface area contributed by atoms with Gasteiger partial charge in [0.25, 0.3) is 0 Å². The third kappa shape index (κ3) is 3.64. The van der Waals surface area contributed by atoms with Gasteiger partial charge >= 0.3 is 0 Å². The first-order valence-electron chi connectivity index (χ1n) is 8.54. The Morgan fingerprint density at radius 2 is 2.10 bits per heavy atom. The van der Waals surface area contributed by atoms with Crippen LogP contribution in [0.2, 0.25) is 0 Å². The molecule has 1 unspecified atom stereocenters. The standard InChI is InChI=1S/C16H27N3O2/c1-2-20-14(12-7-4-3-5-8-12)15-18-16(21-19-15)13-9-6-10-17-11-13/h12-14,17H,2-11H2,1H3/t13-,14?/m0/s1. The van der Waals surface area contributed by atoms with Gasteiger partial charge in [-0.05, 0) is 45.1 Å².